The molecule has 0 aliphatic carbocycles. The highest BCUT2D eigenvalue weighted by molar-refractivity contribution is 5.80. The summed E-state index contributed by atoms with van der Waals surface area (Å²) in [6.07, 6.45) is 2.75. The Bertz CT molecular complexity index is 1050. The smallest absolute Gasteiger partial charge is 0.241 e. The van der Waals surface area contributed by atoms with Crippen LogP contribution in [0.25, 0.3) is 11.3 Å². The number of aromatic nitrogens is 1. The van der Waals surface area contributed by atoms with Gasteiger partial charge in [0.1, 0.15) is 17.3 Å². The lowest BCUT2D eigenvalue weighted by Gasteiger charge is -2.21. The third-order valence-corrected chi connectivity index (χ3v) is 5.83. The zero-order valence-electron chi connectivity index (χ0n) is 19.1. The van der Waals surface area contributed by atoms with Gasteiger partial charge in [0.2, 0.25) is 11.8 Å². The lowest BCUT2D eigenvalue weighted by atomic mass is 10.1. The third-order valence-electron chi connectivity index (χ3n) is 5.83. The minimum absolute atomic E-state index is 0.0221. The molecule has 2 heterocycles. The molecule has 1 N–H and O–H groups in total. The van der Waals surface area contributed by atoms with Gasteiger partial charge in [-0.25, -0.2) is 9.37 Å². The molecule has 0 spiro atoms. The number of benzene rings is 2. The first kappa shape index (κ1) is 23.0. The number of hydrogen-bond donors (Lipinski definition) is 1. The number of halogens is 1. The average Bonchev–Trinajstić information content (AvgIpc) is 3.06. The van der Waals surface area contributed by atoms with E-state index in [0.717, 1.165) is 55.3 Å². The van der Waals surface area contributed by atoms with E-state index in [1.807, 2.05) is 23.1 Å². The maximum absolute atomic E-state index is 13.3. The SMILES string of the molecule is CCCc1oc(CN2CCCN(C(=O)CNc3cccc(F)c3)CC2)nc1-c1ccccc1. The van der Waals surface area contributed by atoms with Crippen molar-refractivity contribution in [3.05, 3.63) is 72.1 Å². The van der Waals surface area contributed by atoms with Crippen LogP contribution in [0.3, 0.4) is 0 Å². The van der Waals surface area contributed by atoms with Crippen LogP contribution < -0.4 is 5.32 Å². The predicted octanol–water partition coefficient (Wildman–Crippen LogP) is 4.58. The minimum atomic E-state index is -0.318. The lowest BCUT2D eigenvalue weighted by Crippen LogP contribution is -2.38. The largest absolute Gasteiger partial charge is 0.444 e. The van der Waals surface area contributed by atoms with Crippen LogP contribution in [0.1, 0.15) is 31.4 Å². The summed E-state index contributed by atoms with van der Waals surface area (Å²) in [6, 6.07) is 16.3. The second-order valence-electron chi connectivity index (χ2n) is 8.37. The van der Waals surface area contributed by atoms with E-state index < -0.39 is 0 Å². The second kappa shape index (κ2) is 11.1. The van der Waals surface area contributed by atoms with Crippen molar-refractivity contribution in [1.29, 1.82) is 0 Å². The molecule has 1 aliphatic rings. The van der Waals surface area contributed by atoms with E-state index >= 15 is 0 Å². The number of carbonyl (C=O) groups excluding carboxylic acids is 1. The fourth-order valence-electron chi connectivity index (χ4n) is 4.14. The van der Waals surface area contributed by atoms with Crippen LogP contribution in [0.4, 0.5) is 10.1 Å². The number of amides is 1. The Morgan fingerprint density at radius 1 is 1.09 bits per heavy atom. The van der Waals surface area contributed by atoms with Gasteiger partial charge in [0.15, 0.2) is 0 Å². The summed E-state index contributed by atoms with van der Waals surface area (Å²) in [5.74, 6) is 1.37. The number of anilines is 1. The molecule has 174 valence electrons. The number of rotatable bonds is 8. The molecule has 3 aromatic rings. The van der Waals surface area contributed by atoms with Crippen molar-refractivity contribution in [3.8, 4) is 11.3 Å². The van der Waals surface area contributed by atoms with Gasteiger partial charge in [-0.3, -0.25) is 9.69 Å². The van der Waals surface area contributed by atoms with Gasteiger partial charge in [-0.05, 0) is 31.0 Å². The first-order chi connectivity index (χ1) is 16.1. The number of oxazole rings is 1. The molecule has 1 aromatic heterocycles. The normalized spacial score (nSPS) is 14.8. The van der Waals surface area contributed by atoms with Gasteiger partial charge in [-0.2, -0.15) is 0 Å². The van der Waals surface area contributed by atoms with Crippen LogP contribution in [0.5, 0.6) is 0 Å². The molecule has 4 rings (SSSR count). The van der Waals surface area contributed by atoms with Gasteiger partial charge >= 0.3 is 0 Å². The van der Waals surface area contributed by atoms with Crippen molar-refractivity contribution in [2.24, 2.45) is 0 Å². The van der Waals surface area contributed by atoms with E-state index in [-0.39, 0.29) is 18.3 Å². The van der Waals surface area contributed by atoms with Gasteiger partial charge in [0.25, 0.3) is 0 Å². The van der Waals surface area contributed by atoms with Crippen molar-refractivity contribution in [2.75, 3.05) is 38.0 Å². The first-order valence-corrected chi connectivity index (χ1v) is 11.7. The standard InChI is InChI=1S/C26H31FN4O2/c1-2-8-23-26(20-9-4-3-5-10-20)29-24(33-23)19-30-13-7-14-31(16-15-30)25(32)18-28-22-12-6-11-21(27)17-22/h3-6,9-12,17,28H,2,7-8,13-16,18-19H2,1H3. The Morgan fingerprint density at radius 3 is 2.73 bits per heavy atom. The second-order valence-corrected chi connectivity index (χ2v) is 8.37. The average molecular weight is 451 g/mol. The van der Waals surface area contributed by atoms with Crippen molar-refractivity contribution < 1.29 is 13.6 Å². The van der Waals surface area contributed by atoms with E-state index in [1.54, 1.807) is 12.1 Å². The molecular weight excluding hydrogens is 419 g/mol. The molecule has 6 nitrogen and oxygen atoms in total. The molecular formula is C26H31FN4O2. The minimum Gasteiger partial charge on any atom is -0.444 e. The molecule has 33 heavy (non-hydrogen) atoms. The number of aryl methyl sites for hydroxylation is 1. The highest BCUT2D eigenvalue weighted by Crippen LogP contribution is 2.26. The quantitative estimate of drug-likeness (QED) is 0.544. The van der Waals surface area contributed by atoms with Crippen LogP contribution in [0, 0.1) is 5.82 Å². The predicted molar refractivity (Wildman–Crippen MR) is 127 cm³/mol. The van der Waals surface area contributed by atoms with Gasteiger partial charge in [-0.1, -0.05) is 43.3 Å². The van der Waals surface area contributed by atoms with Crippen molar-refractivity contribution in [2.45, 2.75) is 32.7 Å². The summed E-state index contributed by atoms with van der Waals surface area (Å²) < 4.78 is 19.5. The number of hydrogen-bond acceptors (Lipinski definition) is 5. The Morgan fingerprint density at radius 2 is 1.94 bits per heavy atom. The lowest BCUT2D eigenvalue weighted by molar-refractivity contribution is -0.129. The van der Waals surface area contributed by atoms with E-state index in [9.17, 15) is 9.18 Å². The van der Waals surface area contributed by atoms with Gasteiger partial charge < -0.3 is 14.6 Å². The molecule has 7 heteroatoms. The summed E-state index contributed by atoms with van der Waals surface area (Å²) in [4.78, 5) is 21.7. The summed E-state index contributed by atoms with van der Waals surface area (Å²) in [6.45, 7) is 5.93. The van der Waals surface area contributed by atoms with Crippen LogP contribution in [-0.2, 0) is 17.8 Å². The number of carbonyl (C=O) groups is 1. The molecule has 1 aliphatic heterocycles. The maximum Gasteiger partial charge on any atom is 0.241 e. The molecule has 0 radical (unpaired) electrons. The van der Waals surface area contributed by atoms with Crippen LogP contribution >= 0.6 is 0 Å². The highest BCUT2D eigenvalue weighted by atomic mass is 19.1. The Hall–Kier alpha value is -3.19. The van der Waals surface area contributed by atoms with E-state index in [0.29, 0.717) is 25.3 Å². The Kier molecular flexibility index (Phi) is 7.73. The topological polar surface area (TPSA) is 61.6 Å². The number of nitrogens with zero attached hydrogens (tertiary/aromatic N) is 3. The molecule has 2 aromatic carbocycles. The summed E-state index contributed by atoms with van der Waals surface area (Å²) in [5, 5.41) is 3.02. The van der Waals surface area contributed by atoms with Crippen LogP contribution in [-0.4, -0.2) is 53.4 Å². The zero-order chi connectivity index (χ0) is 23.0. The van der Waals surface area contributed by atoms with Crippen molar-refractivity contribution in [3.63, 3.8) is 0 Å². The summed E-state index contributed by atoms with van der Waals surface area (Å²) >= 11 is 0. The molecule has 0 unspecified atom stereocenters. The van der Waals surface area contributed by atoms with Gasteiger partial charge in [-0.15, -0.1) is 0 Å². The Labute approximate surface area is 194 Å². The van der Waals surface area contributed by atoms with E-state index in [4.69, 9.17) is 9.40 Å². The Balaban J connectivity index is 1.34. The van der Waals surface area contributed by atoms with Crippen molar-refractivity contribution >= 4 is 11.6 Å². The first-order valence-electron chi connectivity index (χ1n) is 11.7. The molecule has 0 saturated carbocycles. The zero-order valence-corrected chi connectivity index (χ0v) is 19.1. The van der Waals surface area contributed by atoms with Crippen LogP contribution in [0.2, 0.25) is 0 Å². The molecule has 1 fully saturated rings. The molecule has 0 atom stereocenters. The summed E-state index contributed by atoms with van der Waals surface area (Å²) in [7, 11) is 0. The highest BCUT2D eigenvalue weighted by Gasteiger charge is 2.21. The fourth-order valence-corrected chi connectivity index (χ4v) is 4.14. The van der Waals surface area contributed by atoms with Gasteiger partial charge in [0, 0.05) is 43.9 Å². The van der Waals surface area contributed by atoms with E-state index in [1.165, 1.54) is 12.1 Å². The van der Waals surface area contributed by atoms with Gasteiger partial charge in [0.05, 0.1) is 13.1 Å². The molecule has 1 amide bonds. The molecule has 1 saturated heterocycles. The third kappa shape index (κ3) is 6.20. The van der Waals surface area contributed by atoms with Crippen molar-refractivity contribution in [1.82, 2.24) is 14.8 Å². The van der Waals surface area contributed by atoms with Crippen LogP contribution in [0.15, 0.2) is 59.0 Å². The monoisotopic (exact) mass is 450 g/mol. The summed E-state index contributed by atoms with van der Waals surface area (Å²) in [5.41, 5.74) is 2.62. The number of nitrogens with one attached hydrogen (secondary N) is 1. The fraction of sp³-hybridized carbons (Fsp3) is 0.385. The molecule has 0 bridgehead atoms. The maximum atomic E-state index is 13.3. The van der Waals surface area contributed by atoms with E-state index in [2.05, 4.69) is 29.3 Å².